The molecule has 0 bridgehead atoms. The average Bonchev–Trinajstić information content (AvgIpc) is 2.92. The molecule has 0 saturated carbocycles. The summed E-state index contributed by atoms with van der Waals surface area (Å²) in [6.45, 7) is 1.06. The van der Waals surface area contributed by atoms with Gasteiger partial charge in [-0.05, 0) is 22.4 Å². The first-order chi connectivity index (χ1) is 10.2. The normalized spacial score (nSPS) is 12.7. The predicted molar refractivity (Wildman–Crippen MR) is 81.6 cm³/mol. The molecule has 0 aliphatic heterocycles. The van der Waals surface area contributed by atoms with Crippen LogP contribution in [0.5, 0.6) is 0 Å². The molecule has 1 unspecified atom stereocenters. The summed E-state index contributed by atoms with van der Waals surface area (Å²) < 4.78 is 1.86. The van der Waals surface area contributed by atoms with Gasteiger partial charge in [0.05, 0.1) is 12.6 Å². The van der Waals surface area contributed by atoms with Gasteiger partial charge in [0.15, 0.2) is 0 Å². The number of aliphatic hydroxyl groups excluding tert-OH is 1. The van der Waals surface area contributed by atoms with Crippen LogP contribution in [-0.2, 0) is 13.6 Å². The Balaban J connectivity index is 1.63. The van der Waals surface area contributed by atoms with E-state index in [0.29, 0.717) is 13.1 Å². The number of fused-ring (bicyclic) bond motifs is 1. The summed E-state index contributed by atoms with van der Waals surface area (Å²) in [5.41, 5.74) is 0.916. The molecule has 1 atom stereocenters. The van der Waals surface area contributed by atoms with Crippen molar-refractivity contribution in [3.05, 3.63) is 60.2 Å². The van der Waals surface area contributed by atoms with Crippen molar-refractivity contribution in [2.45, 2.75) is 12.6 Å². The van der Waals surface area contributed by atoms with Gasteiger partial charge in [0, 0.05) is 13.6 Å². The summed E-state index contributed by atoms with van der Waals surface area (Å²) in [6.07, 6.45) is 1.12. The lowest BCUT2D eigenvalue weighted by molar-refractivity contribution is 0.174. The van der Waals surface area contributed by atoms with E-state index in [-0.39, 0.29) is 0 Å². The third-order valence-electron chi connectivity index (χ3n) is 3.58. The Morgan fingerprint density at radius 2 is 2.00 bits per heavy atom. The lowest BCUT2D eigenvalue weighted by Gasteiger charge is -2.13. The van der Waals surface area contributed by atoms with Gasteiger partial charge in [0.1, 0.15) is 12.2 Å². The van der Waals surface area contributed by atoms with Crippen LogP contribution in [0, 0.1) is 0 Å². The molecule has 1 aromatic heterocycles. The minimum Gasteiger partial charge on any atom is -0.387 e. The summed E-state index contributed by atoms with van der Waals surface area (Å²) in [7, 11) is 1.90. The zero-order chi connectivity index (χ0) is 14.7. The van der Waals surface area contributed by atoms with Gasteiger partial charge in [0.2, 0.25) is 0 Å². The van der Waals surface area contributed by atoms with Crippen molar-refractivity contribution in [3.63, 3.8) is 0 Å². The van der Waals surface area contributed by atoms with E-state index in [4.69, 9.17) is 0 Å². The van der Waals surface area contributed by atoms with Crippen LogP contribution in [0.3, 0.4) is 0 Å². The molecule has 0 radical (unpaired) electrons. The smallest absolute Gasteiger partial charge is 0.146 e. The maximum absolute atomic E-state index is 10.3. The molecule has 3 rings (SSSR count). The van der Waals surface area contributed by atoms with E-state index in [1.807, 2.05) is 41.9 Å². The van der Waals surface area contributed by atoms with Crippen LogP contribution in [0.4, 0.5) is 0 Å². The second kappa shape index (κ2) is 6.03. The van der Waals surface area contributed by atoms with Crippen LogP contribution < -0.4 is 5.32 Å². The second-order valence-electron chi connectivity index (χ2n) is 5.11. The molecule has 108 valence electrons. The van der Waals surface area contributed by atoms with Gasteiger partial charge in [-0.25, -0.2) is 0 Å². The molecular weight excluding hydrogens is 264 g/mol. The number of benzene rings is 2. The number of nitrogens with one attached hydrogen (secondary N) is 1. The fourth-order valence-electron chi connectivity index (χ4n) is 2.32. The number of aliphatic hydroxyl groups is 1. The van der Waals surface area contributed by atoms with Crippen LogP contribution >= 0.6 is 0 Å². The highest BCUT2D eigenvalue weighted by atomic mass is 16.3. The second-order valence-corrected chi connectivity index (χ2v) is 5.11. The van der Waals surface area contributed by atoms with Crippen LogP contribution in [0.2, 0.25) is 0 Å². The summed E-state index contributed by atoms with van der Waals surface area (Å²) in [4.78, 5) is 0. The largest absolute Gasteiger partial charge is 0.387 e. The van der Waals surface area contributed by atoms with E-state index < -0.39 is 6.10 Å². The van der Waals surface area contributed by atoms with Crippen LogP contribution in [-0.4, -0.2) is 26.4 Å². The molecule has 0 amide bonds. The lowest BCUT2D eigenvalue weighted by atomic mass is 10.0. The molecule has 0 spiro atoms. The Hall–Kier alpha value is -2.24. The van der Waals surface area contributed by atoms with Crippen molar-refractivity contribution >= 4 is 10.8 Å². The predicted octanol–water partition coefficient (Wildman–Crippen LogP) is 1.79. The number of aryl methyl sites for hydroxylation is 1. The van der Waals surface area contributed by atoms with Crippen molar-refractivity contribution in [1.82, 2.24) is 20.1 Å². The maximum atomic E-state index is 10.3. The highest BCUT2D eigenvalue weighted by Crippen LogP contribution is 2.20. The fraction of sp³-hybridized carbons (Fsp3) is 0.250. The van der Waals surface area contributed by atoms with Crippen LogP contribution in [0.25, 0.3) is 10.8 Å². The summed E-state index contributed by atoms with van der Waals surface area (Å²) in [5.74, 6) is 0.848. The molecule has 0 fully saturated rings. The van der Waals surface area contributed by atoms with E-state index in [2.05, 4.69) is 27.6 Å². The number of hydrogen-bond acceptors (Lipinski definition) is 4. The molecule has 5 nitrogen and oxygen atoms in total. The maximum Gasteiger partial charge on any atom is 0.146 e. The highest BCUT2D eigenvalue weighted by molar-refractivity contribution is 5.83. The Labute approximate surface area is 123 Å². The molecule has 1 heterocycles. The van der Waals surface area contributed by atoms with Crippen LogP contribution in [0.1, 0.15) is 17.5 Å². The van der Waals surface area contributed by atoms with Gasteiger partial charge >= 0.3 is 0 Å². The van der Waals surface area contributed by atoms with Crippen molar-refractivity contribution in [1.29, 1.82) is 0 Å². The lowest BCUT2D eigenvalue weighted by Crippen LogP contribution is -2.22. The molecule has 0 aliphatic rings. The van der Waals surface area contributed by atoms with E-state index in [1.165, 1.54) is 5.39 Å². The van der Waals surface area contributed by atoms with Gasteiger partial charge in [-0.3, -0.25) is 0 Å². The first-order valence-corrected chi connectivity index (χ1v) is 6.94. The minimum absolute atomic E-state index is 0.477. The Bertz CT molecular complexity index is 738. The molecule has 3 aromatic rings. The Morgan fingerprint density at radius 3 is 2.76 bits per heavy atom. The summed E-state index contributed by atoms with van der Waals surface area (Å²) in [5, 5.41) is 23.6. The van der Waals surface area contributed by atoms with Crippen molar-refractivity contribution < 1.29 is 5.11 Å². The van der Waals surface area contributed by atoms with Gasteiger partial charge in [0.25, 0.3) is 0 Å². The molecule has 5 heteroatoms. The van der Waals surface area contributed by atoms with Gasteiger partial charge in [-0.15, -0.1) is 10.2 Å². The zero-order valence-corrected chi connectivity index (χ0v) is 11.9. The molecule has 2 N–H and O–H groups in total. The van der Waals surface area contributed by atoms with Gasteiger partial charge in [-0.1, -0.05) is 36.4 Å². The SMILES string of the molecule is Cn1cnnc1CNCC(O)c1ccc2ccccc2c1. The third kappa shape index (κ3) is 3.09. The zero-order valence-electron chi connectivity index (χ0n) is 11.9. The molecule has 0 saturated heterocycles. The topological polar surface area (TPSA) is 63.0 Å². The van der Waals surface area contributed by atoms with E-state index in [9.17, 15) is 5.11 Å². The van der Waals surface area contributed by atoms with E-state index in [0.717, 1.165) is 16.8 Å². The Kier molecular flexibility index (Phi) is 3.94. The number of rotatable bonds is 5. The number of aromatic nitrogens is 3. The Morgan fingerprint density at radius 1 is 1.19 bits per heavy atom. The number of hydrogen-bond donors (Lipinski definition) is 2. The average molecular weight is 282 g/mol. The third-order valence-corrected chi connectivity index (χ3v) is 3.58. The molecular formula is C16H18N4O. The molecule has 0 aliphatic carbocycles. The van der Waals surface area contributed by atoms with Crippen molar-refractivity contribution in [2.75, 3.05) is 6.54 Å². The standard InChI is InChI=1S/C16H18N4O/c1-20-11-18-19-16(20)10-17-9-15(21)14-7-6-12-4-2-3-5-13(12)8-14/h2-8,11,15,17,21H,9-10H2,1H3. The summed E-state index contributed by atoms with van der Waals surface area (Å²) in [6, 6.07) is 14.2. The first-order valence-electron chi connectivity index (χ1n) is 6.94. The quantitative estimate of drug-likeness (QED) is 0.749. The van der Waals surface area contributed by atoms with Crippen molar-refractivity contribution in [3.8, 4) is 0 Å². The minimum atomic E-state index is -0.539. The van der Waals surface area contributed by atoms with E-state index >= 15 is 0 Å². The first kappa shape index (κ1) is 13.7. The summed E-state index contributed by atoms with van der Waals surface area (Å²) >= 11 is 0. The number of nitrogens with zero attached hydrogens (tertiary/aromatic N) is 3. The monoisotopic (exact) mass is 282 g/mol. The fourth-order valence-corrected chi connectivity index (χ4v) is 2.32. The molecule has 21 heavy (non-hydrogen) atoms. The van der Waals surface area contributed by atoms with Gasteiger partial charge < -0.3 is 15.0 Å². The van der Waals surface area contributed by atoms with Crippen LogP contribution in [0.15, 0.2) is 48.8 Å². The van der Waals surface area contributed by atoms with Gasteiger partial charge in [-0.2, -0.15) is 0 Å². The van der Waals surface area contributed by atoms with E-state index in [1.54, 1.807) is 6.33 Å². The molecule has 2 aromatic carbocycles. The van der Waals surface area contributed by atoms with Crippen molar-refractivity contribution in [2.24, 2.45) is 7.05 Å². The highest BCUT2D eigenvalue weighted by Gasteiger charge is 2.08.